The molecule has 0 atom stereocenters. The summed E-state index contributed by atoms with van der Waals surface area (Å²) in [7, 11) is 0. The van der Waals surface area contributed by atoms with Gasteiger partial charge in [0.2, 0.25) is 5.91 Å². The summed E-state index contributed by atoms with van der Waals surface area (Å²) >= 11 is 0. The Kier molecular flexibility index (Phi) is 3.56. The first kappa shape index (κ1) is 12.8. The number of carbonyl (C=O) groups excluding carboxylic acids is 1. The molecule has 19 heavy (non-hydrogen) atoms. The normalized spacial score (nSPS) is 10.1. The Morgan fingerprint density at radius 1 is 1.00 bits per heavy atom. The molecule has 98 valence electrons. The van der Waals surface area contributed by atoms with E-state index in [1.165, 1.54) is 30.3 Å². The maximum atomic E-state index is 11.8. The number of benzene rings is 2. The van der Waals surface area contributed by atoms with E-state index in [1.54, 1.807) is 12.1 Å². The number of hydrogen-bond donors (Lipinski definition) is 4. The monoisotopic (exact) mass is 259 g/mol. The van der Waals surface area contributed by atoms with Gasteiger partial charge in [-0.1, -0.05) is 12.1 Å². The van der Waals surface area contributed by atoms with Crippen LogP contribution in [0.2, 0.25) is 0 Å². The lowest BCUT2D eigenvalue weighted by Gasteiger charge is -2.06. The molecule has 2 aromatic carbocycles. The van der Waals surface area contributed by atoms with E-state index in [2.05, 4.69) is 5.32 Å². The number of amides is 1. The van der Waals surface area contributed by atoms with Crippen molar-refractivity contribution in [2.45, 2.75) is 6.42 Å². The molecule has 0 fully saturated rings. The van der Waals surface area contributed by atoms with Crippen molar-refractivity contribution < 1.29 is 20.1 Å². The lowest BCUT2D eigenvalue weighted by molar-refractivity contribution is -0.115. The quantitative estimate of drug-likeness (QED) is 0.501. The van der Waals surface area contributed by atoms with E-state index >= 15 is 0 Å². The first-order valence-electron chi connectivity index (χ1n) is 5.64. The van der Waals surface area contributed by atoms with Crippen LogP contribution in [0.5, 0.6) is 17.2 Å². The van der Waals surface area contributed by atoms with Crippen molar-refractivity contribution in [2.75, 3.05) is 5.32 Å². The molecule has 0 heterocycles. The average Bonchev–Trinajstić information content (AvgIpc) is 2.34. The van der Waals surface area contributed by atoms with Crippen molar-refractivity contribution in [3.63, 3.8) is 0 Å². The second kappa shape index (κ2) is 5.30. The topological polar surface area (TPSA) is 89.8 Å². The summed E-state index contributed by atoms with van der Waals surface area (Å²) in [6, 6.07) is 10.5. The van der Waals surface area contributed by atoms with Gasteiger partial charge in [0, 0.05) is 11.8 Å². The van der Waals surface area contributed by atoms with E-state index in [0.29, 0.717) is 11.3 Å². The van der Waals surface area contributed by atoms with Crippen LogP contribution in [-0.2, 0) is 11.2 Å². The number of rotatable bonds is 3. The van der Waals surface area contributed by atoms with Crippen LogP contribution in [0.15, 0.2) is 42.5 Å². The van der Waals surface area contributed by atoms with Gasteiger partial charge in [0.15, 0.2) is 11.5 Å². The van der Waals surface area contributed by atoms with Gasteiger partial charge in [0.25, 0.3) is 0 Å². The highest BCUT2D eigenvalue weighted by Crippen LogP contribution is 2.27. The van der Waals surface area contributed by atoms with Gasteiger partial charge in [-0.15, -0.1) is 0 Å². The number of carbonyl (C=O) groups is 1. The van der Waals surface area contributed by atoms with Crippen LogP contribution in [-0.4, -0.2) is 21.2 Å². The fourth-order valence-electron chi connectivity index (χ4n) is 1.66. The summed E-state index contributed by atoms with van der Waals surface area (Å²) in [6.07, 6.45) is 0.107. The van der Waals surface area contributed by atoms with Gasteiger partial charge in [-0.2, -0.15) is 0 Å². The number of phenols is 3. The molecule has 0 aliphatic carbocycles. The second-order valence-electron chi connectivity index (χ2n) is 4.10. The molecule has 2 aromatic rings. The van der Waals surface area contributed by atoms with E-state index in [0.717, 1.165) is 0 Å². The number of nitrogens with one attached hydrogen (secondary N) is 1. The predicted octanol–water partition coefficient (Wildman–Crippen LogP) is 1.98. The zero-order valence-electron chi connectivity index (χ0n) is 10.00. The Morgan fingerprint density at radius 3 is 2.47 bits per heavy atom. The van der Waals surface area contributed by atoms with Crippen LogP contribution < -0.4 is 5.32 Å². The molecule has 0 aliphatic heterocycles. The number of phenolic OH excluding ortho intramolecular Hbond substituents is 3. The molecule has 0 spiro atoms. The summed E-state index contributed by atoms with van der Waals surface area (Å²) < 4.78 is 0. The Hall–Kier alpha value is -2.69. The molecule has 4 N–H and O–H groups in total. The first-order valence-corrected chi connectivity index (χ1v) is 5.64. The van der Waals surface area contributed by atoms with Crippen LogP contribution in [0.4, 0.5) is 5.69 Å². The largest absolute Gasteiger partial charge is 0.508 e. The SMILES string of the molecule is O=C(Cc1cccc(O)c1)Nc1ccc(O)c(O)c1. The molecule has 0 bridgehead atoms. The molecule has 5 nitrogen and oxygen atoms in total. The van der Waals surface area contributed by atoms with Gasteiger partial charge >= 0.3 is 0 Å². The highest BCUT2D eigenvalue weighted by atomic mass is 16.3. The molecule has 0 unspecified atom stereocenters. The summed E-state index contributed by atoms with van der Waals surface area (Å²) in [5.74, 6) is -0.718. The summed E-state index contributed by atoms with van der Waals surface area (Å²) in [6.45, 7) is 0. The molecule has 0 aromatic heterocycles. The summed E-state index contributed by atoms with van der Waals surface area (Å²) in [5.41, 5.74) is 1.07. The third-order valence-corrected chi connectivity index (χ3v) is 2.53. The minimum Gasteiger partial charge on any atom is -0.508 e. The molecule has 1 amide bonds. The zero-order valence-corrected chi connectivity index (χ0v) is 10.00. The molecule has 2 rings (SSSR count). The van der Waals surface area contributed by atoms with Crippen molar-refractivity contribution in [1.82, 2.24) is 0 Å². The van der Waals surface area contributed by atoms with Crippen LogP contribution >= 0.6 is 0 Å². The third kappa shape index (κ3) is 3.38. The molecular formula is C14H13NO4. The summed E-state index contributed by atoms with van der Waals surface area (Å²) in [5, 5.41) is 30.3. The Balaban J connectivity index is 2.03. The predicted molar refractivity (Wildman–Crippen MR) is 70.2 cm³/mol. The van der Waals surface area contributed by atoms with Crippen molar-refractivity contribution in [1.29, 1.82) is 0 Å². The van der Waals surface area contributed by atoms with Crippen LogP contribution in [0.25, 0.3) is 0 Å². The maximum absolute atomic E-state index is 11.8. The van der Waals surface area contributed by atoms with Crippen molar-refractivity contribution in [3.8, 4) is 17.2 Å². The maximum Gasteiger partial charge on any atom is 0.228 e. The van der Waals surface area contributed by atoms with Gasteiger partial charge in [-0.05, 0) is 29.8 Å². The van der Waals surface area contributed by atoms with Gasteiger partial charge in [-0.3, -0.25) is 4.79 Å². The molecule has 0 radical (unpaired) electrons. The minimum atomic E-state index is -0.296. The second-order valence-corrected chi connectivity index (χ2v) is 4.10. The fourth-order valence-corrected chi connectivity index (χ4v) is 1.66. The summed E-state index contributed by atoms with van der Waals surface area (Å²) in [4.78, 5) is 11.8. The van der Waals surface area contributed by atoms with E-state index in [-0.39, 0.29) is 29.6 Å². The smallest absolute Gasteiger partial charge is 0.228 e. The molecule has 0 saturated carbocycles. The Morgan fingerprint density at radius 2 is 1.79 bits per heavy atom. The minimum absolute atomic E-state index is 0.104. The molecule has 0 saturated heterocycles. The number of anilines is 1. The van der Waals surface area contributed by atoms with Gasteiger partial charge in [-0.25, -0.2) is 0 Å². The Labute approximate surface area is 109 Å². The first-order chi connectivity index (χ1) is 9.04. The fraction of sp³-hybridized carbons (Fsp3) is 0.0714. The standard InChI is InChI=1S/C14H13NO4/c16-11-3-1-2-9(6-11)7-14(19)15-10-4-5-12(17)13(18)8-10/h1-6,8,16-18H,7H2,(H,15,19). The van der Waals surface area contributed by atoms with Gasteiger partial charge < -0.3 is 20.6 Å². The van der Waals surface area contributed by atoms with Crippen molar-refractivity contribution in [3.05, 3.63) is 48.0 Å². The van der Waals surface area contributed by atoms with Crippen LogP contribution in [0, 0.1) is 0 Å². The lowest BCUT2D eigenvalue weighted by atomic mass is 10.1. The highest BCUT2D eigenvalue weighted by Gasteiger charge is 2.06. The lowest BCUT2D eigenvalue weighted by Crippen LogP contribution is -2.14. The average molecular weight is 259 g/mol. The van der Waals surface area contributed by atoms with Gasteiger partial charge in [0.1, 0.15) is 5.75 Å². The van der Waals surface area contributed by atoms with E-state index in [4.69, 9.17) is 5.11 Å². The molecular weight excluding hydrogens is 246 g/mol. The van der Waals surface area contributed by atoms with Crippen LogP contribution in [0.3, 0.4) is 0 Å². The number of hydrogen-bond acceptors (Lipinski definition) is 4. The van der Waals surface area contributed by atoms with E-state index in [1.807, 2.05) is 0 Å². The van der Waals surface area contributed by atoms with E-state index < -0.39 is 0 Å². The third-order valence-electron chi connectivity index (χ3n) is 2.53. The van der Waals surface area contributed by atoms with E-state index in [9.17, 15) is 15.0 Å². The number of aromatic hydroxyl groups is 3. The van der Waals surface area contributed by atoms with Crippen molar-refractivity contribution in [2.24, 2.45) is 0 Å². The van der Waals surface area contributed by atoms with Crippen LogP contribution in [0.1, 0.15) is 5.56 Å². The van der Waals surface area contributed by atoms with Crippen molar-refractivity contribution >= 4 is 11.6 Å². The Bertz CT molecular complexity index is 610. The molecule has 0 aliphatic rings. The van der Waals surface area contributed by atoms with Gasteiger partial charge in [0.05, 0.1) is 6.42 Å². The molecule has 5 heteroatoms. The zero-order chi connectivity index (χ0) is 13.8. The highest BCUT2D eigenvalue weighted by molar-refractivity contribution is 5.92.